The van der Waals surface area contributed by atoms with Crippen molar-refractivity contribution in [2.75, 3.05) is 0 Å². The highest BCUT2D eigenvalue weighted by Gasteiger charge is 2.17. The predicted molar refractivity (Wildman–Crippen MR) is 146 cm³/mol. The van der Waals surface area contributed by atoms with Crippen LogP contribution < -0.4 is 22.9 Å². The highest BCUT2D eigenvalue weighted by atomic mass is 16.4. The van der Waals surface area contributed by atoms with E-state index >= 15 is 0 Å². The van der Waals surface area contributed by atoms with Gasteiger partial charge in [-0.15, -0.1) is 0 Å². The maximum atomic E-state index is 10.6. The zero-order chi connectivity index (χ0) is 31.0. The van der Waals surface area contributed by atoms with Crippen LogP contribution >= 0.6 is 0 Å². The molecule has 1 heterocycles. The molecule has 2 rings (SSSR count). The summed E-state index contributed by atoms with van der Waals surface area (Å²) in [5, 5.41) is 42.8. The number of rotatable bonds is 9. The van der Waals surface area contributed by atoms with E-state index in [1.165, 1.54) is 6.92 Å². The van der Waals surface area contributed by atoms with Gasteiger partial charge in [0.2, 0.25) is 0 Å². The van der Waals surface area contributed by atoms with Crippen molar-refractivity contribution >= 4 is 34.8 Å². The van der Waals surface area contributed by atoms with Crippen LogP contribution in [-0.4, -0.2) is 84.7 Å². The first-order chi connectivity index (χ1) is 17.8. The Labute approximate surface area is 227 Å². The first-order valence-corrected chi connectivity index (χ1v) is 12.0. The molecule has 14 N–H and O–H groups in total. The average molecular weight is 558 g/mol. The molecule has 0 aliphatic rings. The summed E-state index contributed by atoms with van der Waals surface area (Å²) >= 11 is 0. The van der Waals surface area contributed by atoms with Crippen LogP contribution in [0.3, 0.4) is 0 Å². The number of aromatic amines is 1. The molecule has 1 aromatic heterocycles. The van der Waals surface area contributed by atoms with Crippen molar-refractivity contribution in [2.45, 2.75) is 71.3 Å². The molecule has 222 valence electrons. The van der Waals surface area contributed by atoms with Crippen LogP contribution in [0.25, 0.3) is 10.9 Å². The molecule has 0 fully saturated rings. The van der Waals surface area contributed by atoms with Crippen molar-refractivity contribution in [1.82, 2.24) is 4.98 Å². The minimum absolute atomic E-state index is 0.0208. The molecule has 14 heteroatoms. The minimum Gasteiger partial charge on any atom is -0.480 e. The number of nitrogens with two attached hydrogens (primary N) is 4. The molecular formula is C25H43N5O9. The van der Waals surface area contributed by atoms with Crippen molar-refractivity contribution in [3.8, 4) is 0 Å². The van der Waals surface area contributed by atoms with Crippen LogP contribution in [0.1, 0.15) is 40.2 Å². The number of hydrogen-bond donors (Lipinski definition) is 10. The van der Waals surface area contributed by atoms with E-state index in [1.54, 1.807) is 27.7 Å². The van der Waals surface area contributed by atoms with E-state index in [0.717, 1.165) is 16.5 Å². The van der Waals surface area contributed by atoms with E-state index in [4.69, 9.17) is 48.5 Å². The van der Waals surface area contributed by atoms with Gasteiger partial charge in [0.25, 0.3) is 0 Å². The Morgan fingerprint density at radius 2 is 1.13 bits per heavy atom. The lowest BCUT2D eigenvalue weighted by molar-refractivity contribution is -0.141. The summed E-state index contributed by atoms with van der Waals surface area (Å²) in [7, 11) is 0. The zero-order valence-electron chi connectivity index (χ0n) is 22.8. The quantitative estimate of drug-likeness (QED) is 0.194. The van der Waals surface area contributed by atoms with E-state index in [0.29, 0.717) is 6.42 Å². The fourth-order valence-electron chi connectivity index (χ4n) is 2.40. The molecule has 1 aromatic carbocycles. The van der Waals surface area contributed by atoms with Crippen LogP contribution in [0.15, 0.2) is 30.5 Å². The second kappa shape index (κ2) is 18.7. The van der Waals surface area contributed by atoms with Gasteiger partial charge in [-0.25, -0.2) is 0 Å². The van der Waals surface area contributed by atoms with Crippen LogP contribution in [-0.2, 0) is 25.6 Å². The van der Waals surface area contributed by atoms with Crippen molar-refractivity contribution in [3.63, 3.8) is 0 Å². The zero-order valence-corrected chi connectivity index (χ0v) is 22.8. The Balaban J connectivity index is 0. The Bertz CT molecular complexity index is 983. The molecule has 0 saturated carbocycles. The van der Waals surface area contributed by atoms with E-state index in [1.807, 2.05) is 30.5 Å². The first-order valence-electron chi connectivity index (χ1n) is 12.0. The lowest BCUT2D eigenvalue weighted by Gasteiger charge is -2.07. The van der Waals surface area contributed by atoms with Crippen molar-refractivity contribution in [3.05, 3.63) is 36.0 Å². The summed E-state index contributed by atoms with van der Waals surface area (Å²) < 4.78 is 0. The number of carboxylic acid groups (broad SMARTS) is 4. The van der Waals surface area contributed by atoms with Gasteiger partial charge in [0.05, 0.1) is 6.10 Å². The summed E-state index contributed by atoms with van der Waals surface area (Å²) in [5.41, 5.74) is 22.7. The number of fused-ring (bicyclic) bond motifs is 1. The van der Waals surface area contributed by atoms with Gasteiger partial charge >= 0.3 is 23.9 Å². The Morgan fingerprint density at radius 3 is 1.41 bits per heavy atom. The molecule has 0 aliphatic heterocycles. The number of hydrogen-bond acceptors (Lipinski definition) is 9. The van der Waals surface area contributed by atoms with Gasteiger partial charge < -0.3 is 53.5 Å². The van der Waals surface area contributed by atoms with Crippen LogP contribution in [0.4, 0.5) is 0 Å². The fraction of sp³-hybridized carbons (Fsp3) is 0.520. The molecule has 39 heavy (non-hydrogen) atoms. The molecule has 0 aliphatic carbocycles. The number of aliphatic hydroxyl groups is 1. The normalized spacial score (nSPS) is 14.3. The summed E-state index contributed by atoms with van der Waals surface area (Å²) in [5.74, 6) is -3.97. The standard InChI is InChI=1S/C11H12N2O2.2C5H11NO2.C4H9NO3/c12-9(11(14)15)5-7-6-13-10-4-2-1-3-8(7)10;2*1-3(2)4(6)5(7)8;1-2(6)3(5)4(7)8/h1-4,6,9,13H,5,12H2,(H,14,15);2*3-4H,6H2,1-2H3,(H,7,8);2-3,6H,5H2,1H3,(H,7,8)/t;4-;;/m.0../s1. The number of carboxylic acids is 4. The molecule has 14 nitrogen and oxygen atoms in total. The summed E-state index contributed by atoms with van der Waals surface area (Å²) in [6, 6.07) is 4.33. The summed E-state index contributed by atoms with van der Waals surface area (Å²) in [6.45, 7) is 8.44. The second-order valence-corrected chi connectivity index (χ2v) is 9.33. The molecule has 0 spiro atoms. The molecule has 2 aromatic rings. The van der Waals surface area contributed by atoms with E-state index in [9.17, 15) is 19.2 Å². The maximum Gasteiger partial charge on any atom is 0.323 e. The third kappa shape index (κ3) is 15.4. The van der Waals surface area contributed by atoms with Crippen molar-refractivity contribution < 1.29 is 44.7 Å². The predicted octanol–water partition coefficient (Wildman–Crippen LogP) is 0.0100. The smallest absolute Gasteiger partial charge is 0.323 e. The number of aromatic nitrogens is 1. The first kappa shape index (κ1) is 37.6. The highest BCUT2D eigenvalue weighted by Crippen LogP contribution is 2.18. The van der Waals surface area contributed by atoms with Gasteiger partial charge in [-0.1, -0.05) is 45.9 Å². The summed E-state index contributed by atoms with van der Waals surface area (Å²) in [6.07, 6.45) is 1.18. The van der Waals surface area contributed by atoms with Gasteiger partial charge in [-0.2, -0.15) is 0 Å². The largest absolute Gasteiger partial charge is 0.480 e. The van der Waals surface area contributed by atoms with Crippen LogP contribution in [0.2, 0.25) is 0 Å². The number of aliphatic carboxylic acids is 4. The Morgan fingerprint density at radius 1 is 0.718 bits per heavy atom. The Hall–Kier alpha value is -3.56. The van der Waals surface area contributed by atoms with Gasteiger partial charge in [-0.3, -0.25) is 19.2 Å². The number of para-hydroxylation sites is 1. The number of H-pyrrole nitrogens is 1. The van der Waals surface area contributed by atoms with E-state index in [2.05, 4.69) is 4.98 Å². The average Bonchev–Trinajstić information content (AvgIpc) is 3.25. The molecule has 0 radical (unpaired) electrons. The minimum atomic E-state index is -1.18. The van der Waals surface area contributed by atoms with E-state index < -0.39 is 54.1 Å². The highest BCUT2D eigenvalue weighted by molar-refractivity contribution is 5.84. The van der Waals surface area contributed by atoms with Gasteiger partial charge in [-0.05, 0) is 30.4 Å². The summed E-state index contributed by atoms with van der Waals surface area (Å²) in [4.78, 5) is 43.6. The third-order valence-corrected chi connectivity index (χ3v) is 5.24. The van der Waals surface area contributed by atoms with Crippen LogP contribution in [0, 0.1) is 11.8 Å². The number of aliphatic hydroxyl groups excluding tert-OH is 1. The second-order valence-electron chi connectivity index (χ2n) is 9.33. The van der Waals surface area contributed by atoms with Gasteiger partial charge in [0.15, 0.2) is 0 Å². The topological polar surface area (TPSA) is 289 Å². The molecular weight excluding hydrogens is 514 g/mol. The maximum absolute atomic E-state index is 10.6. The van der Waals surface area contributed by atoms with Gasteiger partial charge in [0, 0.05) is 23.5 Å². The molecule has 0 saturated heterocycles. The number of benzene rings is 1. The molecule has 0 bridgehead atoms. The van der Waals surface area contributed by atoms with E-state index in [-0.39, 0.29) is 11.8 Å². The molecule has 5 atom stereocenters. The van der Waals surface area contributed by atoms with Crippen molar-refractivity contribution in [2.24, 2.45) is 34.8 Å². The lowest BCUT2D eigenvalue weighted by Crippen LogP contribution is -2.39. The molecule has 0 amide bonds. The SMILES string of the molecule is CC(C)C(N)C(=O)O.CC(C)[C@H](N)C(=O)O.CC(O)C(N)C(=O)O.NC(Cc1c[nH]c2ccccc12)C(=O)O. The lowest BCUT2D eigenvalue weighted by atomic mass is 10.1. The molecule has 4 unspecified atom stereocenters. The van der Waals surface area contributed by atoms with Crippen LogP contribution in [0.5, 0.6) is 0 Å². The monoisotopic (exact) mass is 557 g/mol. The number of nitrogens with one attached hydrogen (secondary N) is 1. The number of carbonyl (C=O) groups is 4. The fourth-order valence-corrected chi connectivity index (χ4v) is 2.40. The van der Waals surface area contributed by atoms with Gasteiger partial charge in [0.1, 0.15) is 24.2 Å². The third-order valence-electron chi connectivity index (χ3n) is 5.24. The van der Waals surface area contributed by atoms with Crippen molar-refractivity contribution in [1.29, 1.82) is 0 Å². The Kier molecular flexibility index (Phi) is 18.0.